The number of hydrogen-bond donors (Lipinski definition) is 2. The summed E-state index contributed by atoms with van der Waals surface area (Å²) in [5.41, 5.74) is 2.74. The average Bonchev–Trinajstić information content (AvgIpc) is 3.16. The Bertz CT molecular complexity index is 1160. The van der Waals surface area contributed by atoms with Gasteiger partial charge in [0, 0.05) is 23.3 Å². The van der Waals surface area contributed by atoms with Crippen LogP contribution in [-0.4, -0.2) is 21.0 Å². The van der Waals surface area contributed by atoms with Crippen LogP contribution in [0.15, 0.2) is 54.2 Å². The van der Waals surface area contributed by atoms with Gasteiger partial charge in [0.05, 0.1) is 27.5 Å². The summed E-state index contributed by atoms with van der Waals surface area (Å²) in [4.78, 5) is 22.9. The third kappa shape index (κ3) is 4.48. The molecule has 0 aliphatic rings. The smallest absolute Gasteiger partial charge is 0.271 e. The molecule has 144 valence electrons. The van der Waals surface area contributed by atoms with Crippen LogP contribution in [0.4, 0.5) is 11.4 Å². The van der Waals surface area contributed by atoms with Crippen molar-refractivity contribution in [2.75, 3.05) is 5.32 Å². The number of benzene rings is 2. The molecule has 0 saturated heterocycles. The molecule has 0 saturated carbocycles. The highest BCUT2D eigenvalue weighted by Gasteiger charge is 2.16. The highest BCUT2D eigenvalue weighted by Crippen LogP contribution is 2.28. The van der Waals surface area contributed by atoms with E-state index in [0.29, 0.717) is 11.3 Å². The van der Waals surface area contributed by atoms with Crippen LogP contribution in [0.25, 0.3) is 17.3 Å². The van der Waals surface area contributed by atoms with E-state index in [1.165, 1.54) is 24.4 Å². The molecule has 0 radical (unpaired) electrons. The number of carbonyl (C=O) groups excluding carboxylic acids is 1. The van der Waals surface area contributed by atoms with Crippen LogP contribution in [0.3, 0.4) is 0 Å². The van der Waals surface area contributed by atoms with Crippen molar-refractivity contribution in [2.45, 2.75) is 6.92 Å². The predicted octanol–water partition coefficient (Wildman–Crippen LogP) is 4.49. The van der Waals surface area contributed by atoms with E-state index in [2.05, 4.69) is 15.5 Å². The molecule has 2 aromatic carbocycles. The largest absolute Gasteiger partial charge is 0.320 e. The predicted molar refractivity (Wildman–Crippen MR) is 109 cm³/mol. The number of hydrogen-bond acceptors (Lipinski definition) is 5. The lowest BCUT2D eigenvalue weighted by molar-refractivity contribution is -0.384. The van der Waals surface area contributed by atoms with Gasteiger partial charge in [0.25, 0.3) is 11.6 Å². The molecule has 0 unspecified atom stereocenters. The van der Waals surface area contributed by atoms with Crippen molar-refractivity contribution in [3.63, 3.8) is 0 Å². The second-order valence-corrected chi connectivity index (χ2v) is 6.52. The van der Waals surface area contributed by atoms with Crippen LogP contribution < -0.4 is 5.32 Å². The van der Waals surface area contributed by atoms with Gasteiger partial charge in [0.2, 0.25) is 0 Å². The number of H-pyrrole nitrogens is 1. The minimum absolute atomic E-state index is 0.0398. The first-order chi connectivity index (χ1) is 13.9. The van der Waals surface area contributed by atoms with E-state index in [4.69, 9.17) is 11.6 Å². The normalized spacial score (nSPS) is 11.0. The number of aryl methyl sites for hydroxylation is 1. The molecule has 0 aliphatic heterocycles. The molecule has 0 spiro atoms. The lowest BCUT2D eigenvalue weighted by atomic mass is 10.0. The summed E-state index contributed by atoms with van der Waals surface area (Å²) in [7, 11) is 0. The van der Waals surface area contributed by atoms with Gasteiger partial charge >= 0.3 is 0 Å². The third-order valence-corrected chi connectivity index (χ3v) is 4.41. The Morgan fingerprint density at radius 1 is 1.31 bits per heavy atom. The van der Waals surface area contributed by atoms with Crippen molar-refractivity contribution in [1.29, 1.82) is 5.26 Å². The van der Waals surface area contributed by atoms with Crippen LogP contribution in [0.5, 0.6) is 0 Å². The van der Waals surface area contributed by atoms with Gasteiger partial charge in [-0.15, -0.1) is 0 Å². The number of carbonyl (C=O) groups is 1. The van der Waals surface area contributed by atoms with Crippen molar-refractivity contribution < 1.29 is 9.72 Å². The number of nitro groups is 1. The standard InChI is InChI=1S/C20H14ClN5O3/c1-12-2-4-13(5-3-12)19-15(11-23-25-19)8-14(10-22)20(27)24-18-9-16(26(28)29)6-7-17(18)21/h2-9,11H,1H3,(H,23,25)(H,24,27)/b14-8+. The Morgan fingerprint density at radius 3 is 2.69 bits per heavy atom. The molecule has 0 aliphatic carbocycles. The minimum atomic E-state index is -0.744. The van der Waals surface area contributed by atoms with Gasteiger partial charge in [-0.25, -0.2) is 0 Å². The van der Waals surface area contributed by atoms with E-state index in [1.54, 1.807) is 0 Å². The number of nitriles is 1. The highest BCUT2D eigenvalue weighted by molar-refractivity contribution is 6.34. The number of amides is 1. The van der Waals surface area contributed by atoms with Gasteiger partial charge < -0.3 is 5.32 Å². The molecule has 3 aromatic rings. The number of aromatic amines is 1. The Kier molecular flexibility index (Phi) is 5.71. The first kappa shape index (κ1) is 19.8. The molecule has 0 atom stereocenters. The Balaban J connectivity index is 1.90. The molecule has 0 fully saturated rings. The summed E-state index contributed by atoms with van der Waals surface area (Å²) in [5, 5.41) is 29.8. The number of nitrogens with zero attached hydrogens (tertiary/aromatic N) is 3. The topological polar surface area (TPSA) is 125 Å². The van der Waals surface area contributed by atoms with Crippen molar-refractivity contribution in [3.8, 4) is 17.3 Å². The Hall–Kier alpha value is -3.96. The monoisotopic (exact) mass is 407 g/mol. The zero-order valence-corrected chi connectivity index (χ0v) is 15.9. The maximum absolute atomic E-state index is 12.5. The lowest BCUT2D eigenvalue weighted by Gasteiger charge is -2.06. The van der Waals surface area contributed by atoms with Crippen LogP contribution in [0, 0.1) is 28.4 Å². The fourth-order valence-corrected chi connectivity index (χ4v) is 2.74. The van der Waals surface area contributed by atoms with Gasteiger partial charge in [-0.2, -0.15) is 10.4 Å². The molecule has 8 nitrogen and oxygen atoms in total. The molecule has 1 amide bonds. The van der Waals surface area contributed by atoms with E-state index in [9.17, 15) is 20.2 Å². The fourth-order valence-electron chi connectivity index (χ4n) is 2.57. The number of aromatic nitrogens is 2. The average molecular weight is 408 g/mol. The summed E-state index contributed by atoms with van der Waals surface area (Å²) in [6, 6.07) is 13.2. The molecule has 29 heavy (non-hydrogen) atoms. The maximum atomic E-state index is 12.5. The van der Waals surface area contributed by atoms with Gasteiger partial charge in [-0.1, -0.05) is 41.4 Å². The molecule has 9 heteroatoms. The fraction of sp³-hybridized carbons (Fsp3) is 0.0500. The Labute approximate surface area is 170 Å². The van der Waals surface area contributed by atoms with Crippen molar-refractivity contribution >= 4 is 35.0 Å². The number of rotatable bonds is 5. The van der Waals surface area contributed by atoms with E-state index in [0.717, 1.165) is 17.2 Å². The van der Waals surface area contributed by atoms with E-state index < -0.39 is 10.8 Å². The van der Waals surface area contributed by atoms with Crippen molar-refractivity contribution in [3.05, 3.63) is 80.5 Å². The second-order valence-electron chi connectivity index (χ2n) is 6.11. The number of anilines is 1. The minimum Gasteiger partial charge on any atom is -0.320 e. The molecule has 0 bridgehead atoms. The maximum Gasteiger partial charge on any atom is 0.271 e. The summed E-state index contributed by atoms with van der Waals surface area (Å²) in [5.74, 6) is -0.744. The van der Waals surface area contributed by atoms with E-state index in [1.807, 2.05) is 37.3 Å². The van der Waals surface area contributed by atoms with Crippen LogP contribution in [0.2, 0.25) is 5.02 Å². The number of nitrogens with one attached hydrogen (secondary N) is 2. The van der Waals surface area contributed by atoms with Crippen molar-refractivity contribution in [2.24, 2.45) is 0 Å². The summed E-state index contributed by atoms with van der Waals surface area (Å²) in [6.07, 6.45) is 2.89. The van der Waals surface area contributed by atoms with Gasteiger partial charge in [-0.3, -0.25) is 20.0 Å². The molecule has 1 aromatic heterocycles. The molecular weight excluding hydrogens is 394 g/mol. The summed E-state index contributed by atoms with van der Waals surface area (Å²) >= 11 is 6.00. The number of halogens is 1. The van der Waals surface area contributed by atoms with Crippen molar-refractivity contribution in [1.82, 2.24) is 10.2 Å². The third-order valence-electron chi connectivity index (χ3n) is 4.08. The van der Waals surface area contributed by atoms with Gasteiger partial charge in [0.1, 0.15) is 11.6 Å². The highest BCUT2D eigenvalue weighted by atomic mass is 35.5. The van der Waals surface area contributed by atoms with Gasteiger partial charge in [0.15, 0.2) is 0 Å². The quantitative estimate of drug-likeness (QED) is 0.279. The summed E-state index contributed by atoms with van der Waals surface area (Å²) < 4.78 is 0. The van der Waals surface area contributed by atoms with Gasteiger partial charge in [-0.05, 0) is 19.1 Å². The van der Waals surface area contributed by atoms with Crippen LogP contribution in [0.1, 0.15) is 11.1 Å². The second kappa shape index (κ2) is 8.37. The van der Waals surface area contributed by atoms with Crippen LogP contribution in [-0.2, 0) is 4.79 Å². The Morgan fingerprint density at radius 2 is 2.03 bits per heavy atom. The molecule has 1 heterocycles. The van der Waals surface area contributed by atoms with E-state index >= 15 is 0 Å². The van der Waals surface area contributed by atoms with E-state index in [-0.39, 0.29) is 22.0 Å². The molecular formula is C20H14ClN5O3. The number of nitro benzene ring substituents is 1. The first-order valence-corrected chi connectivity index (χ1v) is 8.74. The SMILES string of the molecule is Cc1ccc(-c2[nH]ncc2/C=C(\C#N)C(=O)Nc2cc([N+](=O)[O-])ccc2Cl)cc1. The molecule has 2 N–H and O–H groups in total. The number of non-ortho nitro benzene ring substituents is 1. The zero-order chi connectivity index (χ0) is 21.0. The lowest BCUT2D eigenvalue weighted by Crippen LogP contribution is -2.14. The summed E-state index contributed by atoms with van der Waals surface area (Å²) in [6.45, 7) is 1.97. The molecule has 3 rings (SSSR count). The van der Waals surface area contributed by atoms with Crippen LogP contribution >= 0.6 is 11.6 Å². The first-order valence-electron chi connectivity index (χ1n) is 8.36. The zero-order valence-electron chi connectivity index (χ0n) is 15.1.